The molecule has 0 amide bonds. The summed E-state index contributed by atoms with van der Waals surface area (Å²) < 4.78 is 0. The lowest BCUT2D eigenvalue weighted by Crippen LogP contribution is -1.94. The van der Waals surface area contributed by atoms with E-state index in [4.69, 9.17) is 0 Å². The normalized spacial score (nSPS) is 18.4. The highest BCUT2D eigenvalue weighted by atomic mass is 14.7. The molecule has 0 aromatic carbocycles. The van der Waals surface area contributed by atoms with Crippen LogP contribution in [0.2, 0.25) is 0 Å². The summed E-state index contributed by atoms with van der Waals surface area (Å²) in [5, 5.41) is 0. The average Bonchev–Trinajstić information content (AvgIpc) is 2.26. The molecule has 0 spiro atoms. The predicted molar refractivity (Wildman–Crippen MR) is 63.9 cm³/mol. The smallest absolute Gasteiger partial charge is 0.0361 e. The maximum absolute atomic E-state index is 4.26. The van der Waals surface area contributed by atoms with Gasteiger partial charge in [-0.1, -0.05) is 18.2 Å². The van der Waals surface area contributed by atoms with Gasteiger partial charge in [0.2, 0.25) is 0 Å². The van der Waals surface area contributed by atoms with Crippen molar-refractivity contribution in [1.82, 2.24) is 0 Å². The molecule has 0 saturated carbocycles. The van der Waals surface area contributed by atoms with Gasteiger partial charge in [0.25, 0.3) is 0 Å². The number of aliphatic imine (C=N–C) groups is 1. The van der Waals surface area contributed by atoms with E-state index in [1.165, 1.54) is 29.6 Å². The lowest BCUT2D eigenvalue weighted by molar-refractivity contribution is 0.964. The molecule has 0 saturated heterocycles. The molecule has 0 bridgehead atoms. The van der Waals surface area contributed by atoms with Crippen molar-refractivity contribution in [2.75, 3.05) is 6.54 Å². The molecule has 0 aliphatic heterocycles. The van der Waals surface area contributed by atoms with Crippen LogP contribution in [0.1, 0.15) is 33.6 Å². The average molecular weight is 189 g/mol. The van der Waals surface area contributed by atoms with E-state index < -0.39 is 0 Å². The first kappa shape index (κ1) is 11.0. The molecule has 0 unspecified atom stereocenters. The van der Waals surface area contributed by atoms with E-state index in [1.54, 1.807) is 0 Å². The van der Waals surface area contributed by atoms with Crippen LogP contribution < -0.4 is 0 Å². The number of allylic oxidation sites excluding steroid dienone is 6. The van der Waals surface area contributed by atoms with Crippen molar-refractivity contribution in [1.29, 1.82) is 0 Å². The summed E-state index contributed by atoms with van der Waals surface area (Å²) in [6, 6.07) is 0. The molecule has 1 aliphatic rings. The summed E-state index contributed by atoms with van der Waals surface area (Å²) in [7, 11) is 0. The predicted octanol–water partition coefficient (Wildman–Crippen LogP) is 3.69. The molecule has 0 N–H and O–H groups in total. The minimum Gasteiger partial charge on any atom is -0.293 e. The van der Waals surface area contributed by atoms with Crippen LogP contribution in [0.15, 0.2) is 39.9 Å². The van der Waals surface area contributed by atoms with Crippen LogP contribution in [-0.2, 0) is 0 Å². The Bertz CT molecular complexity index is 303. The first-order valence-electron chi connectivity index (χ1n) is 5.29. The Hall–Kier alpha value is -1.11. The van der Waals surface area contributed by atoms with E-state index in [1.807, 2.05) is 6.21 Å². The molecule has 1 heteroatoms. The maximum atomic E-state index is 4.26. The van der Waals surface area contributed by atoms with Crippen molar-refractivity contribution in [3.05, 3.63) is 34.9 Å². The fraction of sp³-hybridized carbons (Fsp3) is 0.462. The van der Waals surface area contributed by atoms with Crippen LogP contribution >= 0.6 is 0 Å². The van der Waals surface area contributed by atoms with E-state index >= 15 is 0 Å². The molecule has 0 aromatic rings. The van der Waals surface area contributed by atoms with Gasteiger partial charge in [-0.25, -0.2) is 0 Å². The van der Waals surface area contributed by atoms with Crippen molar-refractivity contribution in [2.24, 2.45) is 4.99 Å². The molecular formula is C13H19N. The summed E-state index contributed by atoms with van der Waals surface area (Å²) >= 11 is 0. The largest absolute Gasteiger partial charge is 0.293 e. The van der Waals surface area contributed by atoms with Gasteiger partial charge < -0.3 is 0 Å². The Kier molecular flexibility index (Phi) is 4.37. The van der Waals surface area contributed by atoms with E-state index in [-0.39, 0.29) is 0 Å². The molecule has 0 radical (unpaired) electrons. The molecule has 1 nitrogen and oxygen atoms in total. The molecule has 1 aliphatic carbocycles. The van der Waals surface area contributed by atoms with Crippen molar-refractivity contribution in [2.45, 2.75) is 33.6 Å². The second-order valence-electron chi connectivity index (χ2n) is 3.59. The third-order valence-electron chi connectivity index (χ3n) is 2.55. The minimum atomic E-state index is 0.865. The monoisotopic (exact) mass is 189 g/mol. The Morgan fingerprint density at radius 1 is 1.50 bits per heavy atom. The van der Waals surface area contributed by atoms with Gasteiger partial charge in [-0.2, -0.15) is 0 Å². The zero-order valence-corrected chi connectivity index (χ0v) is 9.38. The molecule has 0 aromatic heterocycles. The summed E-state index contributed by atoms with van der Waals surface area (Å²) in [4.78, 5) is 4.26. The summed E-state index contributed by atoms with van der Waals surface area (Å²) in [5.74, 6) is 0. The second kappa shape index (κ2) is 5.58. The SMILES string of the molecule is CCN=C/C(C)=C(\C)C1=CC=CCC1. The number of nitrogens with zero attached hydrogens (tertiary/aromatic N) is 1. The number of rotatable bonds is 3. The van der Waals surface area contributed by atoms with Crippen molar-refractivity contribution in [3.63, 3.8) is 0 Å². The highest BCUT2D eigenvalue weighted by Gasteiger charge is 2.03. The van der Waals surface area contributed by atoms with Crippen molar-refractivity contribution < 1.29 is 0 Å². The van der Waals surface area contributed by atoms with Gasteiger partial charge in [-0.15, -0.1) is 0 Å². The van der Waals surface area contributed by atoms with Gasteiger partial charge in [0.05, 0.1) is 0 Å². The lowest BCUT2D eigenvalue weighted by atomic mass is 9.95. The van der Waals surface area contributed by atoms with Gasteiger partial charge in [0.1, 0.15) is 0 Å². The number of hydrogen-bond donors (Lipinski definition) is 0. The zero-order chi connectivity index (χ0) is 10.4. The minimum absolute atomic E-state index is 0.865. The standard InChI is InChI=1S/C13H19N/c1-4-14-10-11(2)12(3)13-8-6-5-7-9-13/h5-6,8,10H,4,7,9H2,1-3H3/b12-11+,14-10?. The van der Waals surface area contributed by atoms with Crippen LogP contribution in [0, 0.1) is 0 Å². The summed E-state index contributed by atoms with van der Waals surface area (Å²) in [6.07, 6.45) is 10.9. The molecule has 14 heavy (non-hydrogen) atoms. The maximum Gasteiger partial charge on any atom is 0.0361 e. The highest BCUT2D eigenvalue weighted by molar-refractivity contribution is 5.80. The third-order valence-corrected chi connectivity index (χ3v) is 2.55. The Labute approximate surface area is 86.9 Å². The van der Waals surface area contributed by atoms with Crippen LogP contribution in [0.4, 0.5) is 0 Å². The Balaban J connectivity index is 2.80. The zero-order valence-electron chi connectivity index (χ0n) is 9.38. The van der Waals surface area contributed by atoms with Crippen molar-refractivity contribution in [3.8, 4) is 0 Å². The van der Waals surface area contributed by atoms with Crippen LogP contribution in [0.3, 0.4) is 0 Å². The molecule has 0 heterocycles. The molecule has 1 rings (SSSR count). The van der Waals surface area contributed by atoms with Crippen LogP contribution in [-0.4, -0.2) is 12.8 Å². The van der Waals surface area contributed by atoms with Gasteiger partial charge in [-0.05, 0) is 50.3 Å². The topological polar surface area (TPSA) is 12.4 Å². The lowest BCUT2D eigenvalue weighted by Gasteiger charge is -2.11. The van der Waals surface area contributed by atoms with Crippen molar-refractivity contribution >= 4 is 6.21 Å². The quantitative estimate of drug-likeness (QED) is 0.600. The fourth-order valence-electron chi connectivity index (χ4n) is 1.49. The first-order valence-corrected chi connectivity index (χ1v) is 5.29. The summed E-state index contributed by atoms with van der Waals surface area (Å²) in [6.45, 7) is 7.24. The van der Waals surface area contributed by atoms with Gasteiger partial charge in [-0.3, -0.25) is 4.99 Å². The van der Waals surface area contributed by atoms with E-state index in [0.29, 0.717) is 0 Å². The second-order valence-corrected chi connectivity index (χ2v) is 3.59. The Morgan fingerprint density at radius 3 is 2.86 bits per heavy atom. The first-order chi connectivity index (χ1) is 6.75. The van der Waals surface area contributed by atoms with E-state index in [2.05, 4.69) is 44.0 Å². The van der Waals surface area contributed by atoms with Gasteiger partial charge in [0.15, 0.2) is 0 Å². The number of hydrogen-bond acceptors (Lipinski definition) is 1. The highest BCUT2D eigenvalue weighted by Crippen LogP contribution is 2.21. The Morgan fingerprint density at radius 2 is 2.29 bits per heavy atom. The van der Waals surface area contributed by atoms with E-state index in [9.17, 15) is 0 Å². The van der Waals surface area contributed by atoms with Gasteiger partial charge in [0, 0.05) is 12.8 Å². The van der Waals surface area contributed by atoms with Crippen LogP contribution in [0.5, 0.6) is 0 Å². The summed E-state index contributed by atoms with van der Waals surface area (Å²) in [5.41, 5.74) is 4.12. The molecule has 0 atom stereocenters. The van der Waals surface area contributed by atoms with E-state index in [0.717, 1.165) is 6.54 Å². The van der Waals surface area contributed by atoms with Crippen LogP contribution in [0.25, 0.3) is 0 Å². The molecule has 0 fully saturated rings. The molecule has 76 valence electrons. The third kappa shape index (κ3) is 2.99. The molecular weight excluding hydrogens is 170 g/mol. The van der Waals surface area contributed by atoms with Gasteiger partial charge >= 0.3 is 0 Å². The fourth-order valence-corrected chi connectivity index (χ4v) is 1.49.